The van der Waals surface area contributed by atoms with Crippen LogP contribution in [0, 0.1) is 0 Å². The molecular formula is C17H17F3N3O4P. The molecule has 1 aromatic heterocycles. The fourth-order valence-electron chi connectivity index (χ4n) is 2.02. The molecule has 0 fully saturated rings. The molecule has 0 unspecified atom stereocenters. The maximum Gasteiger partial charge on any atom is 0.416 e. The van der Waals surface area contributed by atoms with Gasteiger partial charge in [-0.05, 0) is 42.9 Å². The molecule has 7 nitrogen and oxygen atoms in total. The zero-order valence-electron chi connectivity index (χ0n) is 14.9. The van der Waals surface area contributed by atoms with E-state index in [1.807, 2.05) is 0 Å². The van der Waals surface area contributed by atoms with Gasteiger partial charge in [-0.3, -0.25) is 4.79 Å². The molecular weight excluding hydrogens is 398 g/mol. The van der Waals surface area contributed by atoms with Gasteiger partial charge in [0.15, 0.2) is 11.5 Å². The first-order valence-electron chi connectivity index (χ1n) is 7.85. The molecule has 3 N–H and O–H groups in total. The number of aromatic nitrogens is 2. The number of nitrogens with one attached hydrogen (secondary N) is 1. The van der Waals surface area contributed by atoms with Crippen LogP contribution in [0.5, 0.6) is 11.6 Å². The fraction of sp³-hybridized carbons (Fsp3) is 0.235. The lowest BCUT2D eigenvalue weighted by Gasteiger charge is -2.09. The SMILES string of the molecule is CP(C)(=O)/C=C/c1nc(O)c(O)c(C(=O)NCc2ccc(C(F)(F)F)cc2)n1. The molecule has 0 aliphatic heterocycles. The number of benzene rings is 1. The number of carbonyl (C=O) groups is 1. The summed E-state index contributed by atoms with van der Waals surface area (Å²) in [4.78, 5) is 19.6. The number of alkyl halides is 3. The Labute approximate surface area is 158 Å². The van der Waals surface area contributed by atoms with Crippen LogP contribution >= 0.6 is 7.14 Å². The van der Waals surface area contributed by atoms with Crippen LogP contribution in [0.3, 0.4) is 0 Å². The molecule has 0 radical (unpaired) electrons. The van der Waals surface area contributed by atoms with Gasteiger partial charge >= 0.3 is 6.18 Å². The van der Waals surface area contributed by atoms with E-state index >= 15 is 0 Å². The van der Waals surface area contributed by atoms with Crippen LogP contribution in [0.15, 0.2) is 30.1 Å². The first-order valence-corrected chi connectivity index (χ1v) is 10.5. The molecule has 2 aromatic rings. The van der Waals surface area contributed by atoms with E-state index in [1.165, 1.54) is 37.4 Å². The lowest BCUT2D eigenvalue weighted by atomic mass is 10.1. The van der Waals surface area contributed by atoms with Gasteiger partial charge in [-0.1, -0.05) is 12.1 Å². The van der Waals surface area contributed by atoms with E-state index in [-0.39, 0.29) is 12.4 Å². The van der Waals surface area contributed by atoms with Gasteiger partial charge in [0.2, 0.25) is 5.75 Å². The van der Waals surface area contributed by atoms with Crippen molar-refractivity contribution in [1.29, 1.82) is 0 Å². The number of carbonyl (C=O) groups excluding carboxylic acids is 1. The van der Waals surface area contributed by atoms with E-state index in [0.29, 0.717) is 5.56 Å². The Kier molecular flexibility index (Phi) is 6.14. The monoisotopic (exact) mass is 415 g/mol. The van der Waals surface area contributed by atoms with Gasteiger partial charge in [0.05, 0.1) is 5.56 Å². The van der Waals surface area contributed by atoms with E-state index in [2.05, 4.69) is 15.3 Å². The molecule has 2 rings (SSSR count). The molecule has 0 saturated carbocycles. The van der Waals surface area contributed by atoms with Crippen molar-refractivity contribution in [2.24, 2.45) is 0 Å². The highest BCUT2D eigenvalue weighted by Crippen LogP contribution is 2.38. The quantitative estimate of drug-likeness (QED) is 0.645. The topological polar surface area (TPSA) is 112 Å². The summed E-state index contributed by atoms with van der Waals surface area (Å²) in [5.74, 6) is -1.38. The number of aromatic hydroxyl groups is 2. The Hall–Kier alpha value is -2.87. The van der Waals surface area contributed by atoms with Gasteiger partial charge < -0.3 is 20.1 Å². The number of rotatable bonds is 5. The van der Waals surface area contributed by atoms with Gasteiger partial charge in [0.25, 0.3) is 11.8 Å². The van der Waals surface area contributed by atoms with Crippen molar-refractivity contribution in [3.8, 4) is 11.6 Å². The second-order valence-corrected chi connectivity index (χ2v) is 9.40. The molecule has 0 aliphatic rings. The third-order valence-corrected chi connectivity index (χ3v) is 4.28. The Morgan fingerprint density at radius 1 is 1.18 bits per heavy atom. The number of hydrogen-bond acceptors (Lipinski definition) is 6. The highest BCUT2D eigenvalue weighted by atomic mass is 31.2. The minimum absolute atomic E-state index is 0.133. The van der Waals surface area contributed by atoms with Gasteiger partial charge in [0.1, 0.15) is 7.14 Å². The minimum Gasteiger partial charge on any atom is -0.501 e. The molecule has 1 aromatic carbocycles. The standard InChI is InChI=1S/C17H17F3N3O4P/c1-28(2,27)8-7-12-22-13(14(24)16(26)23-12)15(25)21-9-10-3-5-11(6-4-10)17(18,19)20/h3-8,24H,9H2,1-2H3,(H,21,25)(H,22,23,26)/b8-7+. The molecule has 1 heterocycles. The predicted octanol–water partition coefficient (Wildman–Crippen LogP) is 3.43. The number of halogens is 3. The van der Waals surface area contributed by atoms with Gasteiger partial charge in [-0.2, -0.15) is 18.2 Å². The maximum absolute atomic E-state index is 12.6. The molecule has 0 spiro atoms. The third kappa shape index (κ3) is 5.82. The largest absolute Gasteiger partial charge is 0.501 e. The molecule has 150 valence electrons. The van der Waals surface area contributed by atoms with Gasteiger partial charge in [0, 0.05) is 6.54 Å². The Morgan fingerprint density at radius 3 is 2.32 bits per heavy atom. The number of amides is 1. The van der Waals surface area contributed by atoms with Crippen molar-refractivity contribution >= 4 is 19.1 Å². The second kappa shape index (κ2) is 8.02. The Balaban J connectivity index is 2.16. The first-order chi connectivity index (χ1) is 12.9. The van der Waals surface area contributed by atoms with Crippen LogP contribution in [0.2, 0.25) is 0 Å². The smallest absolute Gasteiger partial charge is 0.416 e. The van der Waals surface area contributed by atoms with E-state index in [4.69, 9.17) is 0 Å². The Bertz CT molecular complexity index is 953. The van der Waals surface area contributed by atoms with E-state index in [1.54, 1.807) is 0 Å². The molecule has 28 heavy (non-hydrogen) atoms. The van der Waals surface area contributed by atoms with Gasteiger partial charge in [-0.15, -0.1) is 0 Å². The highest BCUT2D eigenvalue weighted by molar-refractivity contribution is 7.65. The summed E-state index contributed by atoms with van der Waals surface area (Å²) >= 11 is 0. The van der Waals surface area contributed by atoms with E-state index < -0.39 is 42.1 Å². The molecule has 0 saturated heterocycles. The predicted molar refractivity (Wildman–Crippen MR) is 96.5 cm³/mol. The zero-order chi connectivity index (χ0) is 21.1. The van der Waals surface area contributed by atoms with Crippen molar-refractivity contribution in [1.82, 2.24) is 15.3 Å². The lowest BCUT2D eigenvalue weighted by Crippen LogP contribution is -2.24. The van der Waals surface area contributed by atoms with Crippen LogP contribution in [0.25, 0.3) is 6.08 Å². The average Bonchev–Trinajstić information content (AvgIpc) is 2.59. The normalized spacial score (nSPS) is 12.3. The molecule has 1 amide bonds. The summed E-state index contributed by atoms with van der Waals surface area (Å²) in [6, 6.07) is 4.17. The molecule has 11 heteroatoms. The molecule has 0 aliphatic carbocycles. The summed E-state index contributed by atoms with van der Waals surface area (Å²) in [5, 5.41) is 21.8. The molecule has 0 atom stereocenters. The Morgan fingerprint density at radius 2 is 1.79 bits per heavy atom. The van der Waals surface area contributed by atoms with Crippen LogP contribution in [0.4, 0.5) is 13.2 Å². The van der Waals surface area contributed by atoms with Crippen LogP contribution in [-0.4, -0.2) is 39.4 Å². The minimum atomic E-state index is -4.46. The summed E-state index contributed by atoms with van der Waals surface area (Å²) < 4.78 is 49.4. The van der Waals surface area contributed by atoms with Gasteiger partial charge in [-0.25, -0.2) is 4.98 Å². The summed E-state index contributed by atoms with van der Waals surface area (Å²) in [6.45, 7) is 2.84. The zero-order valence-corrected chi connectivity index (χ0v) is 15.8. The lowest BCUT2D eigenvalue weighted by molar-refractivity contribution is -0.137. The summed E-state index contributed by atoms with van der Waals surface area (Å²) in [5.41, 5.74) is -0.959. The average molecular weight is 415 g/mol. The van der Waals surface area contributed by atoms with Crippen molar-refractivity contribution in [3.63, 3.8) is 0 Å². The van der Waals surface area contributed by atoms with Crippen LogP contribution < -0.4 is 5.32 Å². The van der Waals surface area contributed by atoms with Crippen LogP contribution in [-0.2, 0) is 17.3 Å². The maximum atomic E-state index is 12.6. The van der Waals surface area contributed by atoms with Crippen molar-refractivity contribution < 1.29 is 32.7 Å². The highest BCUT2D eigenvalue weighted by Gasteiger charge is 2.30. The number of hydrogen-bond donors (Lipinski definition) is 3. The van der Waals surface area contributed by atoms with Crippen molar-refractivity contribution in [2.75, 3.05) is 13.3 Å². The van der Waals surface area contributed by atoms with E-state index in [0.717, 1.165) is 12.1 Å². The molecule has 0 bridgehead atoms. The van der Waals surface area contributed by atoms with Crippen molar-refractivity contribution in [2.45, 2.75) is 12.7 Å². The van der Waals surface area contributed by atoms with Crippen molar-refractivity contribution in [3.05, 3.63) is 52.7 Å². The fourth-order valence-corrected chi connectivity index (χ4v) is 2.51. The number of nitrogens with zero attached hydrogens (tertiary/aromatic N) is 2. The summed E-state index contributed by atoms with van der Waals surface area (Å²) in [6.07, 6.45) is -3.22. The van der Waals surface area contributed by atoms with Crippen LogP contribution in [0.1, 0.15) is 27.4 Å². The second-order valence-electron chi connectivity index (χ2n) is 6.23. The third-order valence-electron chi connectivity index (χ3n) is 3.41. The van der Waals surface area contributed by atoms with E-state index in [9.17, 15) is 32.7 Å². The summed E-state index contributed by atoms with van der Waals surface area (Å²) in [7, 11) is -2.55. The first kappa shape index (κ1) is 21.4.